The minimum absolute atomic E-state index is 0.0786. The standard InChI is InChI=1S/C32H34FNO3/c1-37-30-17-29(34-13-11-32(12-14-34)18-21(19-32)20-35)28(33)16-27(30)31-25(22-5-3-2-4-6-22)9-7-23-15-24(36)8-10-26(23)31/h2-6,8,10,15-17,20-21,25,31,36H,7,9,11-14,18-19H2,1H3/t25-,31+/m1/s1. The molecule has 5 heteroatoms. The zero-order valence-electron chi connectivity index (χ0n) is 21.3. The Labute approximate surface area is 218 Å². The summed E-state index contributed by atoms with van der Waals surface area (Å²) in [6, 6.07) is 19.6. The molecule has 0 bridgehead atoms. The van der Waals surface area contributed by atoms with E-state index in [9.17, 15) is 9.90 Å². The molecule has 1 spiro atoms. The number of hydrogen-bond donors (Lipinski definition) is 1. The van der Waals surface area contributed by atoms with Gasteiger partial charge in [-0.3, -0.25) is 0 Å². The predicted octanol–water partition coefficient (Wildman–Crippen LogP) is 6.60. The van der Waals surface area contributed by atoms with Crippen LogP contribution in [0.4, 0.5) is 10.1 Å². The van der Waals surface area contributed by atoms with Crippen LogP contribution in [0.5, 0.6) is 11.5 Å². The molecule has 3 aromatic carbocycles. The summed E-state index contributed by atoms with van der Waals surface area (Å²) >= 11 is 0. The van der Waals surface area contributed by atoms with E-state index < -0.39 is 0 Å². The molecule has 0 aromatic heterocycles. The van der Waals surface area contributed by atoms with Crippen LogP contribution in [-0.2, 0) is 11.2 Å². The van der Waals surface area contributed by atoms with Crippen LogP contribution in [0.2, 0.25) is 0 Å². The van der Waals surface area contributed by atoms with Crippen LogP contribution >= 0.6 is 0 Å². The zero-order chi connectivity index (χ0) is 25.6. The Morgan fingerprint density at radius 3 is 2.49 bits per heavy atom. The summed E-state index contributed by atoms with van der Waals surface area (Å²) in [6.07, 6.45) is 6.82. The van der Waals surface area contributed by atoms with E-state index in [4.69, 9.17) is 4.74 Å². The van der Waals surface area contributed by atoms with Gasteiger partial charge < -0.3 is 19.5 Å². The molecule has 1 saturated heterocycles. The number of ether oxygens (including phenoxy) is 1. The number of hydrogen-bond acceptors (Lipinski definition) is 4. The lowest BCUT2D eigenvalue weighted by Gasteiger charge is -2.51. The molecule has 2 fully saturated rings. The number of fused-ring (bicyclic) bond motifs is 1. The molecule has 1 aliphatic heterocycles. The smallest absolute Gasteiger partial charge is 0.147 e. The Balaban J connectivity index is 1.36. The number of phenolic OH excluding ortho intramolecular Hbond substituents is 1. The lowest BCUT2D eigenvalue weighted by molar-refractivity contribution is -0.118. The molecule has 4 nitrogen and oxygen atoms in total. The van der Waals surface area contributed by atoms with Crippen LogP contribution in [0.3, 0.4) is 0 Å². The van der Waals surface area contributed by atoms with Gasteiger partial charge in [0.15, 0.2) is 0 Å². The summed E-state index contributed by atoms with van der Waals surface area (Å²) in [6.45, 7) is 1.59. The van der Waals surface area contributed by atoms with Crippen molar-refractivity contribution >= 4 is 12.0 Å². The van der Waals surface area contributed by atoms with Crippen LogP contribution in [0.15, 0.2) is 60.7 Å². The molecule has 0 radical (unpaired) electrons. The Hall–Kier alpha value is -3.34. The molecule has 1 N–H and O–H groups in total. The molecule has 3 aliphatic rings. The first-order chi connectivity index (χ1) is 18.0. The van der Waals surface area contributed by atoms with Crippen molar-refractivity contribution in [3.05, 3.63) is 88.7 Å². The quantitative estimate of drug-likeness (QED) is 0.402. The number of carbonyl (C=O) groups is 1. The van der Waals surface area contributed by atoms with E-state index in [1.165, 1.54) is 5.56 Å². The second-order valence-corrected chi connectivity index (χ2v) is 11.3. The normalized spacial score (nSPS) is 22.8. The van der Waals surface area contributed by atoms with Crippen LogP contribution in [-0.4, -0.2) is 31.6 Å². The first kappa shape index (κ1) is 24.0. The van der Waals surface area contributed by atoms with E-state index in [0.29, 0.717) is 11.4 Å². The summed E-state index contributed by atoms with van der Waals surface area (Å²) in [5, 5.41) is 10.1. The minimum Gasteiger partial charge on any atom is -0.508 e. The van der Waals surface area contributed by atoms with Crippen molar-refractivity contribution in [1.29, 1.82) is 0 Å². The van der Waals surface area contributed by atoms with Crippen LogP contribution in [0, 0.1) is 17.2 Å². The maximum Gasteiger partial charge on any atom is 0.147 e. The van der Waals surface area contributed by atoms with Gasteiger partial charge in [0.05, 0.1) is 12.8 Å². The van der Waals surface area contributed by atoms with Gasteiger partial charge in [0, 0.05) is 36.6 Å². The van der Waals surface area contributed by atoms with Gasteiger partial charge in [-0.05, 0) is 84.7 Å². The number of benzene rings is 3. The van der Waals surface area contributed by atoms with Gasteiger partial charge in [0.2, 0.25) is 0 Å². The van der Waals surface area contributed by atoms with Gasteiger partial charge in [-0.25, -0.2) is 4.39 Å². The highest BCUT2D eigenvalue weighted by molar-refractivity contribution is 5.60. The minimum atomic E-state index is -0.219. The molecule has 0 amide bonds. The monoisotopic (exact) mass is 499 g/mol. The van der Waals surface area contributed by atoms with Gasteiger partial charge in [-0.15, -0.1) is 0 Å². The Bertz CT molecular complexity index is 1290. The first-order valence-electron chi connectivity index (χ1n) is 13.4. The fourth-order valence-electron chi connectivity index (χ4n) is 7.25. The molecule has 3 aromatic rings. The number of aldehydes is 1. The van der Waals surface area contributed by atoms with Crippen molar-refractivity contribution in [3.8, 4) is 11.5 Å². The number of rotatable bonds is 5. The molecule has 37 heavy (non-hydrogen) atoms. The zero-order valence-corrected chi connectivity index (χ0v) is 21.3. The Morgan fingerprint density at radius 2 is 1.78 bits per heavy atom. The topological polar surface area (TPSA) is 49.8 Å². The van der Waals surface area contributed by atoms with Gasteiger partial charge in [-0.1, -0.05) is 36.4 Å². The molecule has 1 heterocycles. The molecule has 0 unspecified atom stereocenters. The van der Waals surface area contributed by atoms with Crippen LogP contribution in [0.25, 0.3) is 0 Å². The first-order valence-corrected chi connectivity index (χ1v) is 13.4. The van der Waals surface area contributed by atoms with Crippen molar-refractivity contribution < 1.29 is 19.0 Å². The predicted molar refractivity (Wildman–Crippen MR) is 143 cm³/mol. The highest BCUT2D eigenvalue weighted by Crippen LogP contribution is 2.53. The van der Waals surface area contributed by atoms with Crippen LogP contribution in [0.1, 0.15) is 66.2 Å². The number of anilines is 1. The van der Waals surface area contributed by atoms with Crippen molar-refractivity contribution in [2.45, 2.75) is 50.4 Å². The number of nitrogens with zero attached hydrogens (tertiary/aromatic N) is 1. The summed E-state index contributed by atoms with van der Waals surface area (Å²) < 4.78 is 21.8. The number of methoxy groups -OCH3 is 1. The van der Waals surface area contributed by atoms with Crippen molar-refractivity contribution in [2.75, 3.05) is 25.1 Å². The summed E-state index contributed by atoms with van der Waals surface area (Å²) in [5.74, 6) is 1.05. The SMILES string of the molecule is COc1cc(N2CCC3(CC2)CC(C=O)C3)c(F)cc1[C@@H]1c2ccc(O)cc2CC[C@@H]1c1ccccc1. The number of carbonyl (C=O) groups excluding carboxylic acids is 1. The highest BCUT2D eigenvalue weighted by Gasteiger charge is 2.46. The number of piperidine rings is 1. The lowest BCUT2D eigenvalue weighted by Crippen LogP contribution is -2.47. The fraction of sp³-hybridized carbons (Fsp3) is 0.406. The van der Waals surface area contributed by atoms with E-state index in [0.717, 1.165) is 74.6 Å². The maximum atomic E-state index is 15.9. The second kappa shape index (κ2) is 9.51. The molecule has 192 valence electrons. The number of aromatic hydroxyl groups is 1. The van der Waals surface area contributed by atoms with Crippen molar-refractivity contribution in [2.24, 2.45) is 11.3 Å². The summed E-state index contributed by atoms with van der Waals surface area (Å²) in [5.41, 5.74) is 5.18. The van der Waals surface area contributed by atoms with Crippen molar-refractivity contribution in [1.82, 2.24) is 0 Å². The lowest BCUT2D eigenvalue weighted by atomic mass is 9.58. The number of aryl methyl sites for hydroxylation is 1. The van der Waals surface area contributed by atoms with Gasteiger partial charge in [0.1, 0.15) is 23.6 Å². The molecular formula is C32H34FNO3. The maximum absolute atomic E-state index is 15.9. The van der Waals surface area contributed by atoms with Crippen LogP contribution < -0.4 is 9.64 Å². The fourth-order valence-corrected chi connectivity index (χ4v) is 7.25. The molecular weight excluding hydrogens is 465 g/mol. The molecule has 6 rings (SSSR count). The molecule has 2 atom stereocenters. The third-order valence-corrected chi connectivity index (χ3v) is 9.20. The van der Waals surface area contributed by atoms with Gasteiger partial charge in [0.25, 0.3) is 0 Å². The largest absolute Gasteiger partial charge is 0.508 e. The van der Waals surface area contributed by atoms with E-state index in [2.05, 4.69) is 29.2 Å². The number of halogens is 1. The van der Waals surface area contributed by atoms with E-state index in [1.54, 1.807) is 19.2 Å². The molecule has 2 aliphatic carbocycles. The summed E-state index contributed by atoms with van der Waals surface area (Å²) in [7, 11) is 1.66. The van der Waals surface area contributed by atoms with E-state index in [1.807, 2.05) is 24.3 Å². The van der Waals surface area contributed by atoms with Gasteiger partial charge >= 0.3 is 0 Å². The molecule has 1 saturated carbocycles. The second-order valence-electron chi connectivity index (χ2n) is 11.3. The third kappa shape index (κ3) is 4.28. The third-order valence-electron chi connectivity index (χ3n) is 9.20. The van der Waals surface area contributed by atoms with Gasteiger partial charge in [-0.2, -0.15) is 0 Å². The Morgan fingerprint density at radius 1 is 1.03 bits per heavy atom. The van der Waals surface area contributed by atoms with E-state index >= 15 is 4.39 Å². The summed E-state index contributed by atoms with van der Waals surface area (Å²) in [4.78, 5) is 13.2. The average molecular weight is 500 g/mol. The van der Waals surface area contributed by atoms with E-state index in [-0.39, 0.29) is 34.7 Å². The average Bonchev–Trinajstić information content (AvgIpc) is 2.91. The van der Waals surface area contributed by atoms with Crippen molar-refractivity contribution in [3.63, 3.8) is 0 Å². The highest BCUT2D eigenvalue weighted by atomic mass is 19.1. The number of phenols is 1. The Kier molecular flexibility index (Phi) is 6.18.